The number of halogens is 10. The number of hydrogen-bond acceptors (Lipinski definition) is 12. The molecule has 5 aliphatic rings. The zero-order valence-corrected chi connectivity index (χ0v) is 60.7. The van der Waals surface area contributed by atoms with E-state index in [4.69, 9.17) is 0 Å². The molecule has 0 aromatic heterocycles. The van der Waals surface area contributed by atoms with Crippen molar-refractivity contribution >= 4 is 70.9 Å². The molecule has 580 valence electrons. The zero-order chi connectivity index (χ0) is 78.3. The van der Waals surface area contributed by atoms with Crippen LogP contribution in [0.1, 0.15) is 133 Å². The maximum Gasteiger partial charge on any atom is 0.422 e. The summed E-state index contributed by atoms with van der Waals surface area (Å²) in [5, 5.41) is 7.64. The van der Waals surface area contributed by atoms with Gasteiger partial charge < -0.3 is 60.0 Å². The van der Waals surface area contributed by atoms with Crippen molar-refractivity contribution in [3.8, 4) is 0 Å². The second kappa shape index (κ2) is 34.1. The van der Waals surface area contributed by atoms with E-state index in [2.05, 4.69) is 16.0 Å². The van der Waals surface area contributed by atoms with Crippen LogP contribution in [0.25, 0.3) is 0 Å². The predicted octanol–water partition coefficient (Wildman–Crippen LogP) is 5.33. The summed E-state index contributed by atoms with van der Waals surface area (Å²) in [4.78, 5) is 186. The van der Waals surface area contributed by atoms with E-state index in [-0.39, 0.29) is 50.6 Å². The molecule has 2 saturated carbocycles. The van der Waals surface area contributed by atoms with Gasteiger partial charge in [0.05, 0.1) is 31.6 Å². The van der Waals surface area contributed by atoms with Gasteiger partial charge in [-0.2, -0.15) is 26.3 Å². The van der Waals surface area contributed by atoms with E-state index in [1.807, 2.05) is 0 Å². The van der Waals surface area contributed by atoms with E-state index >= 15 is 41.5 Å². The lowest BCUT2D eigenvalue weighted by Crippen LogP contribution is -2.68. The van der Waals surface area contributed by atoms with Gasteiger partial charge in [0, 0.05) is 75.8 Å². The first kappa shape index (κ1) is 83.4. The molecule has 2 bridgehead atoms. The van der Waals surface area contributed by atoms with Crippen LogP contribution in [0.3, 0.4) is 0 Å². The average molecular weight is 1500 g/mol. The molecular weight excluding hydrogens is 1400 g/mol. The molecule has 7 rings (SSSR count). The van der Waals surface area contributed by atoms with E-state index in [1.54, 1.807) is 32.9 Å². The second-order valence-corrected chi connectivity index (χ2v) is 28.5. The number of hydrogen-bond donors (Lipinski definition) is 3. The molecule has 0 unspecified atom stereocenters. The van der Waals surface area contributed by atoms with Crippen molar-refractivity contribution in [2.24, 2.45) is 11.8 Å². The Bertz CT molecular complexity index is 3600. The van der Waals surface area contributed by atoms with Gasteiger partial charge in [-0.3, -0.25) is 57.5 Å². The van der Waals surface area contributed by atoms with E-state index in [9.17, 15) is 59.9 Å². The molecule has 3 heterocycles. The first-order valence-corrected chi connectivity index (χ1v) is 35.0. The molecule has 3 aliphatic heterocycles. The number of carbonyl (C=O) groups is 12. The predicted molar refractivity (Wildman–Crippen MR) is 359 cm³/mol. The lowest BCUT2D eigenvalue weighted by molar-refractivity contribution is -0.157. The monoisotopic (exact) mass is 1500 g/mol. The number of nitrogens with zero attached hydrogens (tertiary/aromatic N) is 9. The van der Waals surface area contributed by atoms with Crippen LogP contribution >= 0.6 is 0 Å². The summed E-state index contributed by atoms with van der Waals surface area (Å²) < 4.78 is 145. The Labute approximate surface area is 602 Å². The molecule has 24 nitrogen and oxygen atoms in total. The molecule has 1 spiro atoms. The standard InChI is InChI=1S/C71H94F10N12O12/c1-12-40(3)57-65(103)87(7)38-55(96)89(9)49-22-15-14-18-31-92(64(49)102)51(34-41-23-26-44(27-24-41)70(76,77)78)63(101)86(6)37-53(94)82-47(28-25-42-32-45(72)56(46(73)33-42)71(79,80)81)61(99)93-39-69(74,75)36-52(93)60(98)84-68(29-19-30-68)67(105)91(11)58(43-20-16-17-21-43)66(104)90(10)50(62(100)85(4)5)35-54(95)88(8)48(13-2)59(97)83-57/h14-15,23-24,26-27,32-33,40,43,47-52,57-58H,12-13,16-22,25,28-31,34-39H2,1-11H3,(H,82,94)(H,83,97)(H,84,98)/b15-14-/t40-,47+,48-,49-,50-,51-,52-,57-,58-/m0/s1. The summed E-state index contributed by atoms with van der Waals surface area (Å²) in [7, 11) is 10.1. The molecular formula is C71H94F10N12O12. The Morgan fingerprint density at radius 2 is 1.27 bits per heavy atom. The molecule has 2 aromatic carbocycles. The van der Waals surface area contributed by atoms with Crippen LogP contribution in [0.15, 0.2) is 48.6 Å². The van der Waals surface area contributed by atoms with Crippen molar-refractivity contribution in [2.75, 3.05) is 82.6 Å². The van der Waals surface area contributed by atoms with Crippen LogP contribution in [0, 0.1) is 23.5 Å². The molecule has 2 aromatic rings. The van der Waals surface area contributed by atoms with Crippen molar-refractivity contribution in [1.82, 2.24) is 60.0 Å². The Morgan fingerprint density at radius 1 is 0.657 bits per heavy atom. The topological polar surface area (TPSA) is 270 Å². The Balaban J connectivity index is 1.33. The average Bonchev–Trinajstić information content (AvgIpc) is 1.60. The third kappa shape index (κ3) is 19.4. The minimum Gasteiger partial charge on any atom is -0.347 e. The fourth-order valence-corrected chi connectivity index (χ4v) is 14.4. The van der Waals surface area contributed by atoms with Gasteiger partial charge in [0.25, 0.3) is 5.92 Å². The van der Waals surface area contributed by atoms with Crippen LogP contribution in [0.5, 0.6) is 0 Å². The van der Waals surface area contributed by atoms with E-state index in [0.717, 1.165) is 70.5 Å². The maximum atomic E-state index is 16.1. The number of alkyl halides is 8. The van der Waals surface area contributed by atoms with Gasteiger partial charge in [-0.1, -0.05) is 64.3 Å². The fourth-order valence-electron chi connectivity index (χ4n) is 14.4. The van der Waals surface area contributed by atoms with Crippen molar-refractivity contribution < 1.29 is 101 Å². The lowest BCUT2D eigenvalue weighted by atomic mass is 9.74. The molecule has 4 fully saturated rings. The summed E-state index contributed by atoms with van der Waals surface area (Å²) in [5.74, 6) is -21.0. The van der Waals surface area contributed by atoms with E-state index in [0.29, 0.717) is 49.1 Å². The lowest BCUT2D eigenvalue weighted by Gasteiger charge is -2.46. The fraction of sp³-hybridized carbons (Fsp3) is 0.634. The van der Waals surface area contributed by atoms with Crippen molar-refractivity contribution in [3.05, 3.63) is 82.4 Å². The normalized spacial score (nSPS) is 26.2. The summed E-state index contributed by atoms with van der Waals surface area (Å²) >= 11 is 0. The molecule has 12 amide bonds. The number of likely N-dealkylation sites (N-methyl/N-ethyl adjacent to an activating group) is 7. The number of rotatable bonds is 10. The number of carbonyl (C=O) groups excluding carboxylic acids is 12. The van der Waals surface area contributed by atoms with Crippen LogP contribution < -0.4 is 16.0 Å². The number of nitrogens with one attached hydrogen (secondary N) is 3. The molecule has 3 N–H and O–H groups in total. The summed E-state index contributed by atoms with van der Waals surface area (Å²) in [5.41, 5.74) is -5.76. The Hall–Kier alpha value is -8.88. The quantitative estimate of drug-likeness (QED) is 0.201. The second-order valence-electron chi connectivity index (χ2n) is 28.5. The first-order valence-electron chi connectivity index (χ1n) is 35.0. The third-order valence-corrected chi connectivity index (χ3v) is 21.0. The highest BCUT2D eigenvalue weighted by Gasteiger charge is 2.56. The number of benzene rings is 2. The molecule has 105 heavy (non-hydrogen) atoms. The SMILES string of the molecule is CC[C@H](C)[C@@H]1NC(=O)[C@H](CC)N(C)C(=O)C[C@@H](C(=O)N(C)C)N(C)C(=O)[C@H](C2CCCC2)N(C)C(=O)C2(CCC2)NC(=O)[C@@H]2CC(F)(F)CN2C(=O)[C@@H](CCc2cc(F)c(C(F)(F)F)c(F)c2)NC(=O)CN(C)C(=O)[C@H](Cc2ccc(C(F)(F)F)cc2)N2CC/C=C\C[C@@H](C2=O)N(C)C(=O)CN(C)C1=O. The number of amides is 12. The number of fused-ring (bicyclic) bond motifs is 3. The Morgan fingerprint density at radius 3 is 1.82 bits per heavy atom. The zero-order valence-electron chi connectivity index (χ0n) is 60.7. The van der Waals surface area contributed by atoms with E-state index < -0.39 is 235 Å². The first-order chi connectivity index (χ1) is 49.0. The highest BCUT2D eigenvalue weighted by atomic mass is 19.4. The van der Waals surface area contributed by atoms with E-state index in [1.165, 1.54) is 49.3 Å². The highest BCUT2D eigenvalue weighted by Crippen LogP contribution is 2.41. The smallest absolute Gasteiger partial charge is 0.347 e. The van der Waals surface area contributed by atoms with Crippen molar-refractivity contribution in [3.63, 3.8) is 0 Å². The van der Waals surface area contributed by atoms with Crippen molar-refractivity contribution in [1.29, 1.82) is 0 Å². The van der Waals surface area contributed by atoms with Gasteiger partial charge in [0.1, 0.15) is 71.1 Å². The van der Waals surface area contributed by atoms with Gasteiger partial charge >= 0.3 is 12.4 Å². The van der Waals surface area contributed by atoms with Gasteiger partial charge in [0.2, 0.25) is 70.9 Å². The minimum absolute atomic E-state index is 0.0485. The summed E-state index contributed by atoms with van der Waals surface area (Å²) in [6.07, 6.45) is -9.33. The highest BCUT2D eigenvalue weighted by molar-refractivity contribution is 6.01. The van der Waals surface area contributed by atoms with Gasteiger partial charge in [-0.25, -0.2) is 17.6 Å². The number of aryl methyl sites for hydroxylation is 1. The van der Waals surface area contributed by atoms with Crippen LogP contribution in [0.2, 0.25) is 0 Å². The van der Waals surface area contributed by atoms with Crippen molar-refractivity contribution in [2.45, 2.75) is 196 Å². The molecule has 9 atom stereocenters. The molecule has 34 heteroatoms. The largest absolute Gasteiger partial charge is 0.422 e. The van der Waals surface area contributed by atoms with Gasteiger partial charge in [-0.05, 0) is 111 Å². The summed E-state index contributed by atoms with van der Waals surface area (Å²) in [6.45, 7) is 1.34. The molecule has 0 radical (unpaired) electrons. The van der Waals surface area contributed by atoms with Crippen LogP contribution in [0.4, 0.5) is 43.9 Å². The Kier molecular flexibility index (Phi) is 27.1. The minimum atomic E-state index is -5.52. The van der Waals surface area contributed by atoms with Crippen LogP contribution in [-0.4, -0.2) is 257 Å². The summed E-state index contributed by atoms with van der Waals surface area (Å²) in [6, 6.07) is -8.99. The maximum absolute atomic E-state index is 16.1. The van der Waals surface area contributed by atoms with Crippen LogP contribution in [-0.2, 0) is 82.7 Å². The molecule has 2 aliphatic carbocycles. The van der Waals surface area contributed by atoms with Gasteiger partial charge in [-0.15, -0.1) is 0 Å². The third-order valence-electron chi connectivity index (χ3n) is 21.0. The van der Waals surface area contributed by atoms with Gasteiger partial charge in [0.15, 0.2) is 0 Å². The molecule has 2 saturated heterocycles.